The van der Waals surface area contributed by atoms with E-state index in [0.717, 1.165) is 10.1 Å². The zero-order valence-electron chi connectivity index (χ0n) is 19.6. The molecule has 0 saturated carbocycles. The van der Waals surface area contributed by atoms with Crippen molar-refractivity contribution in [1.29, 1.82) is 0 Å². The first kappa shape index (κ1) is 25.6. The molecule has 0 spiro atoms. The Kier molecular flexibility index (Phi) is 7.69. The molecular weight excluding hydrogens is 503 g/mol. The summed E-state index contributed by atoms with van der Waals surface area (Å²) in [4.78, 5) is 41.3. The van der Waals surface area contributed by atoms with Crippen LogP contribution < -0.4 is 21.3 Å². The Labute approximate surface area is 215 Å². The lowest BCUT2D eigenvalue weighted by Gasteiger charge is -2.18. The van der Waals surface area contributed by atoms with Crippen LogP contribution in [0.2, 0.25) is 5.02 Å². The average Bonchev–Trinajstić information content (AvgIpc) is 2.87. The number of halogens is 2. The van der Waals surface area contributed by atoms with Crippen LogP contribution in [0.3, 0.4) is 0 Å². The molecule has 9 nitrogen and oxygen atoms in total. The van der Waals surface area contributed by atoms with Gasteiger partial charge in [0.25, 0.3) is 11.4 Å². The van der Waals surface area contributed by atoms with Crippen molar-refractivity contribution >= 4 is 29.1 Å². The Balaban J connectivity index is 1.66. The summed E-state index contributed by atoms with van der Waals surface area (Å²) >= 11 is 5.97. The summed E-state index contributed by atoms with van der Waals surface area (Å²) in [5.41, 5.74) is -0.0384. The molecule has 4 rings (SSSR count). The zero-order chi connectivity index (χ0) is 26.5. The fourth-order valence-corrected chi connectivity index (χ4v) is 3.60. The molecule has 0 aliphatic carbocycles. The predicted molar refractivity (Wildman–Crippen MR) is 136 cm³/mol. The van der Waals surface area contributed by atoms with Crippen molar-refractivity contribution in [1.82, 2.24) is 14.1 Å². The van der Waals surface area contributed by atoms with Gasteiger partial charge in [-0.3, -0.25) is 18.7 Å². The maximum absolute atomic E-state index is 13.8. The maximum Gasteiger partial charge on any atom is 0.332 e. The van der Waals surface area contributed by atoms with Crippen LogP contribution in [0.25, 0.3) is 0 Å². The molecule has 0 aliphatic heterocycles. The minimum atomic E-state index is -1.12. The monoisotopic (exact) mass is 524 g/mol. The molecule has 2 aromatic carbocycles. The lowest BCUT2D eigenvalue weighted by molar-refractivity contribution is -0.141. The summed E-state index contributed by atoms with van der Waals surface area (Å²) < 4.78 is 21.5. The van der Waals surface area contributed by atoms with E-state index < -0.39 is 29.0 Å². The van der Waals surface area contributed by atoms with Gasteiger partial charge in [-0.2, -0.15) is 0 Å². The van der Waals surface area contributed by atoms with Crippen molar-refractivity contribution in [3.63, 3.8) is 0 Å². The van der Waals surface area contributed by atoms with Gasteiger partial charge in [-0.25, -0.2) is 14.2 Å². The van der Waals surface area contributed by atoms with Gasteiger partial charge in [0.05, 0.1) is 12.5 Å². The summed E-state index contributed by atoms with van der Waals surface area (Å²) in [6.45, 7) is 1.24. The van der Waals surface area contributed by atoms with E-state index in [-0.39, 0.29) is 24.8 Å². The molecule has 190 valence electrons. The second kappa shape index (κ2) is 11.1. The van der Waals surface area contributed by atoms with Crippen LogP contribution in [-0.4, -0.2) is 25.2 Å². The Bertz CT molecular complexity index is 1530. The Morgan fingerprint density at radius 3 is 2.46 bits per heavy atom. The molecule has 0 amide bonds. The van der Waals surface area contributed by atoms with E-state index in [1.165, 1.54) is 35.9 Å². The SMILES string of the molecule is CC(Cn1c(=O)cc(Nc2ccc(Oc3ncccc3F)cc2)n(Cc2ccc(Cl)cc2)c1=O)C(=O)O. The summed E-state index contributed by atoms with van der Waals surface area (Å²) in [6.07, 6.45) is 1.41. The van der Waals surface area contributed by atoms with Gasteiger partial charge in [0.15, 0.2) is 5.82 Å². The third kappa shape index (κ3) is 6.22. The summed E-state index contributed by atoms with van der Waals surface area (Å²) in [5, 5.41) is 12.8. The summed E-state index contributed by atoms with van der Waals surface area (Å²) in [5.74, 6) is -2.29. The number of carboxylic acid groups (broad SMARTS) is 1. The van der Waals surface area contributed by atoms with Crippen LogP contribution >= 0.6 is 11.6 Å². The molecule has 1 unspecified atom stereocenters. The van der Waals surface area contributed by atoms with Gasteiger partial charge in [0.1, 0.15) is 11.6 Å². The molecule has 2 N–H and O–H groups in total. The Morgan fingerprint density at radius 2 is 1.81 bits per heavy atom. The van der Waals surface area contributed by atoms with Gasteiger partial charge >= 0.3 is 11.7 Å². The second-order valence-electron chi connectivity index (χ2n) is 8.25. The number of nitrogens with one attached hydrogen (secondary N) is 1. The molecule has 4 aromatic rings. The number of benzene rings is 2. The highest BCUT2D eigenvalue weighted by Crippen LogP contribution is 2.25. The van der Waals surface area contributed by atoms with Crippen molar-refractivity contribution in [2.75, 3.05) is 5.32 Å². The largest absolute Gasteiger partial charge is 0.481 e. The van der Waals surface area contributed by atoms with Crippen molar-refractivity contribution in [2.45, 2.75) is 20.0 Å². The topological polar surface area (TPSA) is 115 Å². The number of anilines is 2. The summed E-state index contributed by atoms with van der Waals surface area (Å²) in [6, 6.07) is 17.2. The van der Waals surface area contributed by atoms with Gasteiger partial charge in [0.2, 0.25) is 0 Å². The second-order valence-corrected chi connectivity index (χ2v) is 8.69. The molecule has 37 heavy (non-hydrogen) atoms. The molecule has 2 aromatic heterocycles. The number of rotatable bonds is 9. The van der Waals surface area contributed by atoms with Gasteiger partial charge in [-0.15, -0.1) is 0 Å². The number of pyridine rings is 1. The molecule has 0 bridgehead atoms. The first-order valence-corrected chi connectivity index (χ1v) is 11.6. The lowest BCUT2D eigenvalue weighted by atomic mass is 10.2. The maximum atomic E-state index is 13.8. The summed E-state index contributed by atoms with van der Waals surface area (Å²) in [7, 11) is 0. The van der Waals surface area contributed by atoms with Crippen LogP contribution in [0.15, 0.2) is 82.5 Å². The van der Waals surface area contributed by atoms with E-state index in [2.05, 4.69) is 10.3 Å². The van der Waals surface area contributed by atoms with E-state index in [0.29, 0.717) is 16.5 Å². The van der Waals surface area contributed by atoms with E-state index in [1.807, 2.05) is 0 Å². The van der Waals surface area contributed by atoms with Crippen LogP contribution in [0.4, 0.5) is 15.9 Å². The van der Waals surface area contributed by atoms with Crippen molar-refractivity contribution in [3.8, 4) is 11.6 Å². The number of carbonyl (C=O) groups is 1. The molecule has 0 aliphatic rings. The quantitative estimate of drug-likeness (QED) is 0.331. The van der Waals surface area contributed by atoms with Crippen LogP contribution in [0.5, 0.6) is 11.6 Å². The van der Waals surface area contributed by atoms with Crippen LogP contribution in [0, 0.1) is 11.7 Å². The van der Waals surface area contributed by atoms with Gasteiger partial charge in [-0.1, -0.05) is 30.7 Å². The number of hydrogen-bond donors (Lipinski definition) is 2. The van der Waals surface area contributed by atoms with Crippen molar-refractivity contribution < 1.29 is 19.0 Å². The first-order valence-electron chi connectivity index (χ1n) is 11.2. The number of nitrogens with zero attached hydrogens (tertiary/aromatic N) is 3. The molecule has 11 heteroatoms. The lowest BCUT2D eigenvalue weighted by Crippen LogP contribution is -2.42. The molecule has 0 saturated heterocycles. The van der Waals surface area contributed by atoms with E-state index in [4.69, 9.17) is 16.3 Å². The average molecular weight is 525 g/mol. The highest BCUT2D eigenvalue weighted by atomic mass is 35.5. The van der Waals surface area contributed by atoms with Crippen molar-refractivity contribution in [3.05, 3.63) is 110 Å². The fraction of sp³-hybridized carbons (Fsp3) is 0.154. The molecule has 2 heterocycles. The molecular formula is C26H22ClFN4O5. The van der Waals surface area contributed by atoms with Gasteiger partial charge < -0.3 is 15.2 Å². The Morgan fingerprint density at radius 1 is 1.11 bits per heavy atom. The van der Waals surface area contributed by atoms with Gasteiger partial charge in [0, 0.05) is 29.5 Å². The number of hydrogen-bond acceptors (Lipinski definition) is 6. The van der Waals surface area contributed by atoms with Crippen molar-refractivity contribution in [2.24, 2.45) is 5.92 Å². The first-order chi connectivity index (χ1) is 17.7. The zero-order valence-corrected chi connectivity index (χ0v) is 20.4. The third-order valence-electron chi connectivity index (χ3n) is 5.48. The number of aliphatic carboxylic acids is 1. The molecule has 0 fully saturated rings. The highest BCUT2D eigenvalue weighted by Gasteiger charge is 2.18. The Hall–Kier alpha value is -4.44. The standard InChI is InChI=1S/C26H22ClFN4O5/c1-16(25(34)35)14-32-23(33)13-22(31(26(32)36)15-17-4-6-18(27)7-5-17)30-19-8-10-20(11-9-19)37-24-21(28)3-2-12-29-24/h2-13,16,30H,14-15H2,1H3,(H,34,35). The van der Waals surface area contributed by atoms with Crippen LogP contribution in [0.1, 0.15) is 12.5 Å². The predicted octanol–water partition coefficient (Wildman–Crippen LogP) is 4.50. The number of ether oxygens (including phenoxy) is 1. The number of aromatic nitrogens is 3. The van der Waals surface area contributed by atoms with E-state index >= 15 is 0 Å². The van der Waals surface area contributed by atoms with Gasteiger partial charge in [-0.05, 0) is 54.1 Å². The minimum absolute atomic E-state index is 0.0974. The molecule has 1 atom stereocenters. The van der Waals surface area contributed by atoms with Crippen LogP contribution in [-0.2, 0) is 17.9 Å². The van der Waals surface area contributed by atoms with E-state index in [1.54, 1.807) is 48.5 Å². The number of carboxylic acids is 1. The smallest absolute Gasteiger partial charge is 0.332 e. The highest BCUT2D eigenvalue weighted by molar-refractivity contribution is 6.30. The normalized spacial score (nSPS) is 11.6. The third-order valence-corrected chi connectivity index (χ3v) is 5.73. The van der Waals surface area contributed by atoms with E-state index in [9.17, 15) is 23.9 Å². The molecule has 0 radical (unpaired) electrons. The fourth-order valence-electron chi connectivity index (χ4n) is 3.48. The minimum Gasteiger partial charge on any atom is -0.481 e.